The van der Waals surface area contributed by atoms with Gasteiger partial charge in [0.25, 0.3) is 0 Å². The molecule has 2 unspecified atom stereocenters. The second-order valence-corrected chi connectivity index (χ2v) is 8.10. The van der Waals surface area contributed by atoms with Crippen LogP contribution in [0.4, 0.5) is 4.39 Å². The Hall–Kier alpha value is -2.19. The van der Waals surface area contributed by atoms with Gasteiger partial charge in [-0.3, -0.25) is 9.59 Å². The Labute approximate surface area is 158 Å². The van der Waals surface area contributed by atoms with Gasteiger partial charge in [-0.05, 0) is 38.5 Å². The summed E-state index contributed by atoms with van der Waals surface area (Å²) in [5.74, 6) is -0.183. The van der Waals surface area contributed by atoms with E-state index in [-0.39, 0.29) is 42.3 Å². The fourth-order valence-corrected chi connectivity index (χ4v) is 4.76. The zero-order valence-electron chi connectivity index (χ0n) is 15.5. The van der Waals surface area contributed by atoms with E-state index >= 15 is 0 Å². The third-order valence-electron chi connectivity index (χ3n) is 6.58. The average molecular weight is 375 g/mol. The normalized spacial score (nSPS) is 34.7. The Kier molecular flexibility index (Phi) is 5.67. The summed E-state index contributed by atoms with van der Waals surface area (Å²) in [6, 6.07) is 3.36. The Morgan fingerprint density at radius 1 is 1.15 bits per heavy atom. The van der Waals surface area contributed by atoms with Crippen LogP contribution in [0.2, 0.25) is 0 Å². The lowest BCUT2D eigenvalue weighted by atomic mass is 9.57. The van der Waals surface area contributed by atoms with E-state index in [1.807, 2.05) is 12.1 Å². The van der Waals surface area contributed by atoms with Gasteiger partial charge in [0.2, 0.25) is 11.8 Å². The predicted octanol–water partition coefficient (Wildman–Crippen LogP) is 1.16. The maximum Gasteiger partial charge on any atom is 0.237 e. The summed E-state index contributed by atoms with van der Waals surface area (Å²) in [7, 11) is 0. The van der Waals surface area contributed by atoms with Crippen LogP contribution in [-0.2, 0) is 9.59 Å². The van der Waals surface area contributed by atoms with E-state index < -0.39 is 12.2 Å². The molecule has 2 bridgehead atoms. The molecule has 0 aromatic heterocycles. The van der Waals surface area contributed by atoms with E-state index in [0.29, 0.717) is 13.0 Å². The van der Waals surface area contributed by atoms with Gasteiger partial charge in [-0.15, -0.1) is 0 Å². The van der Waals surface area contributed by atoms with Crippen molar-refractivity contribution in [3.63, 3.8) is 0 Å². The van der Waals surface area contributed by atoms with E-state index in [2.05, 4.69) is 10.6 Å². The smallest absolute Gasteiger partial charge is 0.237 e. The number of nitrogens with zero attached hydrogens (tertiary/aromatic N) is 3. The van der Waals surface area contributed by atoms with Gasteiger partial charge in [-0.25, -0.2) is 4.39 Å². The number of hydrogen-bond donors (Lipinski definition) is 2. The third kappa shape index (κ3) is 3.91. The van der Waals surface area contributed by atoms with Gasteiger partial charge in [0.15, 0.2) is 0 Å². The summed E-state index contributed by atoms with van der Waals surface area (Å²) in [6.07, 6.45) is 4.04. The number of carbonyl (C=O) groups is 2. The summed E-state index contributed by atoms with van der Waals surface area (Å²) < 4.78 is 13.5. The molecule has 0 spiro atoms. The summed E-state index contributed by atoms with van der Waals surface area (Å²) in [5.41, 5.74) is -0.494. The molecule has 2 amide bonds. The first-order chi connectivity index (χ1) is 12.9. The summed E-state index contributed by atoms with van der Waals surface area (Å²) in [6.45, 7) is 0.490. The number of carbonyl (C=O) groups excluding carboxylic acids is 2. The van der Waals surface area contributed by atoms with E-state index in [1.165, 1.54) is 4.90 Å². The van der Waals surface area contributed by atoms with Gasteiger partial charge < -0.3 is 15.5 Å². The van der Waals surface area contributed by atoms with E-state index in [9.17, 15) is 14.0 Å². The lowest BCUT2D eigenvalue weighted by Gasteiger charge is -2.52. The number of fused-ring (bicyclic) bond motifs is 3. The first-order valence-corrected chi connectivity index (χ1v) is 9.67. The van der Waals surface area contributed by atoms with Gasteiger partial charge in [-0.1, -0.05) is 0 Å². The van der Waals surface area contributed by atoms with Crippen LogP contribution in [-0.4, -0.2) is 54.1 Å². The lowest BCUT2D eigenvalue weighted by molar-refractivity contribution is -0.139. The molecule has 3 aliphatic carbocycles. The number of hydrogen-bond acceptors (Lipinski definition) is 5. The molecule has 146 valence electrons. The lowest BCUT2D eigenvalue weighted by Crippen LogP contribution is -2.60. The molecule has 4 fully saturated rings. The summed E-state index contributed by atoms with van der Waals surface area (Å²) in [5, 5.41) is 23.9. The van der Waals surface area contributed by atoms with Crippen LogP contribution < -0.4 is 10.6 Å². The van der Waals surface area contributed by atoms with Gasteiger partial charge in [-0.2, -0.15) is 10.5 Å². The maximum atomic E-state index is 13.5. The molecule has 1 saturated heterocycles. The molecule has 1 aliphatic heterocycles. The van der Waals surface area contributed by atoms with Gasteiger partial charge in [0.1, 0.15) is 12.2 Å². The molecule has 4 aliphatic rings. The highest BCUT2D eigenvalue weighted by Gasteiger charge is 2.52. The molecule has 0 aromatic rings. The van der Waals surface area contributed by atoms with Crippen molar-refractivity contribution in [1.82, 2.24) is 15.5 Å². The largest absolute Gasteiger partial charge is 0.355 e. The van der Waals surface area contributed by atoms with Crippen LogP contribution in [0.5, 0.6) is 0 Å². The van der Waals surface area contributed by atoms with Crippen molar-refractivity contribution in [3.8, 4) is 12.1 Å². The van der Waals surface area contributed by atoms with Crippen LogP contribution in [0.15, 0.2) is 0 Å². The molecule has 7 nitrogen and oxygen atoms in total. The van der Waals surface area contributed by atoms with Crippen LogP contribution >= 0.6 is 0 Å². The topological polar surface area (TPSA) is 109 Å². The number of likely N-dealkylation sites (tertiary alicyclic amines) is 1. The fraction of sp³-hybridized carbons (Fsp3) is 0.789. The molecule has 0 radical (unpaired) electrons. The molecule has 2 atom stereocenters. The second kappa shape index (κ2) is 7.82. The molecule has 0 aromatic carbocycles. The average Bonchev–Trinajstić information content (AvgIpc) is 3.08. The van der Waals surface area contributed by atoms with Crippen molar-refractivity contribution >= 4 is 11.8 Å². The molecule has 4 rings (SSSR count). The number of amides is 2. The first kappa shape index (κ1) is 19.6. The van der Waals surface area contributed by atoms with E-state index in [1.54, 1.807) is 0 Å². The highest BCUT2D eigenvalue weighted by molar-refractivity contribution is 5.83. The number of nitriles is 2. The predicted molar refractivity (Wildman–Crippen MR) is 94.7 cm³/mol. The van der Waals surface area contributed by atoms with E-state index in [4.69, 9.17) is 10.5 Å². The number of halogens is 1. The second-order valence-electron chi connectivity index (χ2n) is 8.10. The highest BCUT2D eigenvalue weighted by Crippen LogP contribution is 2.52. The summed E-state index contributed by atoms with van der Waals surface area (Å²) in [4.78, 5) is 26.3. The maximum absolute atomic E-state index is 13.5. The number of nitrogens with one attached hydrogen (secondary N) is 2. The minimum Gasteiger partial charge on any atom is -0.355 e. The Morgan fingerprint density at radius 3 is 2.41 bits per heavy atom. The van der Waals surface area contributed by atoms with E-state index in [0.717, 1.165) is 38.5 Å². The molecule has 8 heteroatoms. The van der Waals surface area contributed by atoms with Gasteiger partial charge in [0.05, 0.1) is 31.6 Å². The van der Waals surface area contributed by atoms with Crippen molar-refractivity contribution in [3.05, 3.63) is 0 Å². The molecule has 3 saturated carbocycles. The minimum absolute atomic E-state index is 0.00226. The molecule has 27 heavy (non-hydrogen) atoms. The Balaban J connectivity index is 1.51. The van der Waals surface area contributed by atoms with Crippen molar-refractivity contribution in [2.45, 2.75) is 69.1 Å². The Bertz CT molecular complexity index is 658. The standard InChI is InChI=1S/C19H26FN5O2/c20-14-10-15(11-22)25(13-14)16(26)12-24-19-5-2-18(3-6-19,4-7-19)17(27)23-9-1-8-21/h14-15,24H,1-7,9-10,12-13H2,(H,23,27). The zero-order chi connectivity index (χ0) is 19.5. The van der Waals surface area contributed by atoms with Gasteiger partial charge >= 0.3 is 0 Å². The van der Waals surface area contributed by atoms with Gasteiger partial charge in [0, 0.05) is 23.9 Å². The molecule has 1 heterocycles. The fourth-order valence-electron chi connectivity index (χ4n) is 4.76. The molecular weight excluding hydrogens is 349 g/mol. The number of rotatable bonds is 6. The minimum atomic E-state index is -1.12. The van der Waals surface area contributed by atoms with Crippen molar-refractivity contribution in [1.29, 1.82) is 10.5 Å². The van der Waals surface area contributed by atoms with Crippen molar-refractivity contribution in [2.24, 2.45) is 5.41 Å². The van der Waals surface area contributed by atoms with Crippen LogP contribution in [0.25, 0.3) is 0 Å². The van der Waals surface area contributed by atoms with Crippen LogP contribution in [0.1, 0.15) is 51.4 Å². The number of alkyl halides is 1. The quantitative estimate of drug-likeness (QED) is 0.677. The van der Waals surface area contributed by atoms with Crippen molar-refractivity contribution < 1.29 is 14.0 Å². The monoisotopic (exact) mass is 375 g/mol. The SMILES string of the molecule is N#CCCNC(=O)C12CCC(NCC(=O)N3CC(F)CC3C#N)(CC1)CC2. The zero-order valence-corrected chi connectivity index (χ0v) is 15.5. The summed E-state index contributed by atoms with van der Waals surface area (Å²) >= 11 is 0. The van der Waals surface area contributed by atoms with Crippen molar-refractivity contribution in [2.75, 3.05) is 19.6 Å². The molecular formula is C19H26FN5O2. The van der Waals surface area contributed by atoms with Crippen LogP contribution in [0.3, 0.4) is 0 Å². The highest BCUT2D eigenvalue weighted by atomic mass is 19.1. The van der Waals surface area contributed by atoms with Crippen LogP contribution in [0, 0.1) is 28.1 Å². The third-order valence-corrected chi connectivity index (χ3v) is 6.58. The first-order valence-electron chi connectivity index (χ1n) is 9.67. The Morgan fingerprint density at radius 2 is 1.81 bits per heavy atom. The molecule has 2 N–H and O–H groups in total.